The number of allylic oxidation sites excluding steroid dienone is 1. The zero-order valence-corrected chi connectivity index (χ0v) is 11.6. The molecular formula is C17H24O. The van der Waals surface area contributed by atoms with Crippen LogP contribution in [0.4, 0.5) is 0 Å². The van der Waals surface area contributed by atoms with Gasteiger partial charge in [-0.2, -0.15) is 0 Å². The summed E-state index contributed by atoms with van der Waals surface area (Å²) in [5.41, 5.74) is 2.34. The summed E-state index contributed by atoms with van der Waals surface area (Å²) in [5.74, 6) is 0.243. The van der Waals surface area contributed by atoms with Crippen molar-refractivity contribution in [2.45, 2.75) is 52.4 Å². The van der Waals surface area contributed by atoms with E-state index in [-0.39, 0.29) is 5.78 Å². The second-order valence-electron chi connectivity index (χ2n) is 4.87. The summed E-state index contributed by atoms with van der Waals surface area (Å²) in [6.07, 6.45) is 10.3. The van der Waals surface area contributed by atoms with Crippen LogP contribution >= 0.6 is 0 Å². The first-order valence-electron chi connectivity index (χ1n) is 7.00. The molecule has 1 aromatic carbocycles. The zero-order chi connectivity index (χ0) is 13.2. The lowest BCUT2D eigenvalue weighted by atomic mass is 10.1. The molecule has 0 bridgehead atoms. The highest BCUT2D eigenvalue weighted by Crippen LogP contribution is 2.08. The van der Waals surface area contributed by atoms with E-state index in [1.807, 2.05) is 18.2 Å². The van der Waals surface area contributed by atoms with Crippen LogP contribution in [-0.2, 0) is 4.79 Å². The van der Waals surface area contributed by atoms with Gasteiger partial charge < -0.3 is 0 Å². The number of ketones is 1. The van der Waals surface area contributed by atoms with Crippen LogP contribution in [0.15, 0.2) is 30.3 Å². The van der Waals surface area contributed by atoms with Gasteiger partial charge in [0.25, 0.3) is 0 Å². The van der Waals surface area contributed by atoms with E-state index in [9.17, 15) is 4.79 Å². The third kappa shape index (κ3) is 6.39. The number of hydrogen-bond donors (Lipinski definition) is 0. The Labute approximate surface area is 111 Å². The summed E-state index contributed by atoms with van der Waals surface area (Å²) in [4.78, 5) is 11.6. The van der Waals surface area contributed by atoms with Crippen LogP contribution in [-0.4, -0.2) is 5.78 Å². The van der Waals surface area contributed by atoms with E-state index in [0.29, 0.717) is 6.42 Å². The quantitative estimate of drug-likeness (QED) is 0.467. The fourth-order valence-corrected chi connectivity index (χ4v) is 1.85. The largest absolute Gasteiger partial charge is 0.295 e. The molecule has 0 aliphatic heterocycles. The number of unbranched alkanes of at least 4 members (excludes halogenated alkanes) is 4. The minimum Gasteiger partial charge on any atom is -0.295 e. The van der Waals surface area contributed by atoms with Crippen LogP contribution < -0.4 is 0 Å². The summed E-state index contributed by atoms with van der Waals surface area (Å²) >= 11 is 0. The lowest BCUT2D eigenvalue weighted by Crippen LogP contribution is -1.92. The normalized spacial score (nSPS) is 11.0. The van der Waals surface area contributed by atoms with Gasteiger partial charge in [-0.05, 0) is 25.0 Å². The fraction of sp³-hybridized carbons (Fsp3) is 0.471. The molecule has 0 aliphatic carbocycles. The predicted molar refractivity (Wildman–Crippen MR) is 78.6 cm³/mol. The maximum atomic E-state index is 11.6. The topological polar surface area (TPSA) is 17.1 Å². The Morgan fingerprint density at radius 1 is 1.06 bits per heavy atom. The Morgan fingerprint density at radius 3 is 2.39 bits per heavy atom. The van der Waals surface area contributed by atoms with Crippen molar-refractivity contribution in [2.75, 3.05) is 0 Å². The molecule has 0 heterocycles. The monoisotopic (exact) mass is 244 g/mol. The average molecular weight is 244 g/mol. The van der Waals surface area contributed by atoms with E-state index in [1.165, 1.54) is 31.2 Å². The van der Waals surface area contributed by atoms with Gasteiger partial charge in [-0.15, -0.1) is 0 Å². The summed E-state index contributed by atoms with van der Waals surface area (Å²) < 4.78 is 0. The molecule has 98 valence electrons. The van der Waals surface area contributed by atoms with Gasteiger partial charge in [-0.25, -0.2) is 0 Å². The molecule has 0 aliphatic rings. The number of carbonyl (C=O) groups excluding carboxylic acids is 1. The molecule has 0 atom stereocenters. The average Bonchev–Trinajstić information content (AvgIpc) is 2.38. The van der Waals surface area contributed by atoms with E-state index < -0.39 is 0 Å². The van der Waals surface area contributed by atoms with Gasteiger partial charge in [0.05, 0.1) is 0 Å². The molecule has 0 saturated heterocycles. The van der Waals surface area contributed by atoms with Crippen LogP contribution in [0.2, 0.25) is 0 Å². The molecule has 0 amide bonds. The lowest BCUT2D eigenvalue weighted by Gasteiger charge is -1.98. The van der Waals surface area contributed by atoms with E-state index >= 15 is 0 Å². The van der Waals surface area contributed by atoms with Gasteiger partial charge in [-0.3, -0.25) is 4.79 Å². The summed E-state index contributed by atoms with van der Waals surface area (Å²) in [6, 6.07) is 8.21. The van der Waals surface area contributed by atoms with Crippen LogP contribution in [0.25, 0.3) is 6.08 Å². The molecule has 1 nitrogen and oxygen atoms in total. The van der Waals surface area contributed by atoms with Crippen molar-refractivity contribution < 1.29 is 4.79 Å². The molecule has 1 rings (SSSR count). The minimum atomic E-state index is 0.243. The van der Waals surface area contributed by atoms with Crippen LogP contribution in [0.1, 0.15) is 56.6 Å². The van der Waals surface area contributed by atoms with Crippen molar-refractivity contribution in [1.29, 1.82) is 0 Å². The second-order valence-corrected chi connectivity index (χ2v) is 4.87. The molecule has 0 radical (unpaired) electrons. The van der Waals surface area contributed by atoms with Crippen molar-refractivity contribution in [3.8, 4) is 0 Å². The van der Waals surface area contributed by atoms with Gasteiger partial charge >= 0.3 is 0 Å². The molecule has 0 spiro atoms. The Morgan fingerprint density at radius 2 is 1.72 bits per heavy atom. The van der Waals surface area contributed by atoms with Crippen molar-refractivity contribution in [1.82, 2.24) is 0 Å². The summed E-state index contributed by atoms with van der Waals surface area (Å²) in [5, 5.41) is 0. The van der Waals surface area contributed by atoms with Crippen molar-refractivity contribution in [3.63, 3.8) is 0 Å². The number of aryl methyl sites for hydroxylation is 1. The van der Waals surface area contributed by atoms with E-state index in [1.54, 1.807) is 6.08 Å². The molecule has 0 saturated carbocycles. The SMILES string of the molecule is CCCCCCCC(=O)/C=C\c1ccc(C)cc1. The molecule has 0 aromatic heterocycles. The molecule has 18 heavy (non-hydrogen) atoms. The third-order valence-electron chi connectivity index (χ3n) is 3.07. The summed E-state index contributed by atoms with van der Waals surface area (Å²) in [6.45, 7) is 4.27. The number of hydrogen-bond acceptors (Lipinski definition) is 1. The molecule has 1 heteroatoms. The van der Waals surface area contributed by atoms with Gasteiger partial charge in [0.2, 0.25) is 0 Å². The lowest BCUT2D eigenvalue weighted by molar-refractivity contribution is -0.114. The third-order valence-corrected chi connectivity index (χ3v) is 3.07. The minimum absolute atomic E-state index is 0.243. The number of carbonyl (C=O) groups is 1. The molecular weight excluding hydrogens is 220 g/mol. The number of rotatable bonds is 8. The summed E-state index contributed by atoms with van der Waals surface area (Å²) in [7, 11) is 0. The van der Waals surface area contributed by atoms with Gasteiger partial charge in [0.15, 0.2) is 5.78 Å². The highest BCUT2D eigenvalue weighted by Gasteiger charge is 1.97. The standard InChI is InChI=1S/C17H24O/c1-3-4-5-6-7-8-17(18)14-13-16-11-9-15(2)10-12-16/h9-14H,3-8H2,1-2H3/b14-13-. The highest BCUT2D eigenvalue weighted by molar-refractivity contribution is 5.93. The van der Waals surface area contributed by atoms with Crippen molar-refractivity contribution in [3.05, 3.63) is 41.5 Å². The zero-order valence-electron chi connectivity index (χ0n) is 11.6. The second kappa shape index (κ2) is 8.68. The van der Waals surface area contributed by atoms with Gasteiger partial charge in [0.1, 0.15) is 0 Å². The van der Waals surface area contributed by atoms with Crippen LogP contribution in [0, 0.1) is 6.92 Å². The van der Waals surface area contributed by atoms with Crippen molar-refractivity contribution >= 4 is 11.9 Å². The van der Waals surface area contributed by atoms with Gasteiger partial charge in [-0.1, -0.05) is 68.5 Å². The highest BCUT2D eigenvalue weighted by atomic mass is 16.1. The molecule has 1 aromatic rings. The first-order chi connectivity index (χ1) is 8.72. The first kappa shape index (κ1) is 14.7. The first-order valence-corrected chi connectivity index (χ1v) is 7.00. The molecule has 0 fully saturated rings. The Balaban J connectivity index is 2.25. The van der Waals surface area contributed by atoms with E-state index in [4.69, 9.17) is 0 Å². The fourth-order valence-electron chi connectivity index (χ4n) is 1.85. The Kier molecular flexibility index (Phi) is 7.09. The van der Waals surface area contributed by atoms with E-state index in [0.717, 1.165) is 12.0 Å². The maximum Gasteiger partial charge on any atom is 0.155 e. The van der Waals surface area contributed by atoms with Gasteiger partial charge in [0, 0.05) is 6.42 Å². The molecule has 0 N–H and O–H groups in total. The van der Waals surface area contributed by atoms with Crippen LogP contribution in [0.3, 0.4) is 0 Å². The van der Waals surface area contributed by atoms with Crippen LogP contribution in [0.5, 0.6) is 0 Å². The predicted octanol–water partition coefficient (Wildman–Crippen LogP) is 4.94. The van der Waals surface area contributed by atoms with E-state index in [2.05, 4.69) is 26.0 Å². The Bertz CT molecular complexity index is 373. The smallest absolute Gasteiger partial charge is 0.155 e. The number of benzene rings is 1. The maximum absolute atomic E-state index is 11.6. The molecule has 0 unspecified atom stereocenters. The van der Waals surface area contributed by atoms with Crippen molar-refractivity contribution in [2.24, 2.45) is 0 Å². The Hall–Kier alpha value is -1.37.